The van der Waals surface area contributed by atoms with Gasteiger partial charge in [0.1, 0.15) is 11.4 Å². The fraction of sp³-hybridized carbons (Fsp3) is 0.357. The number of aliphatic hydroxyl groups is 1. The van der Waals surface area contributed by atoms with Gasteiger partial charge in [-0.05, 0) is 29.5 Å². The van der Waals surface area contributed by atoms with Crippen molar-refractivity contribution in [3.8, 4) is 17.9 Å². The molecule has 2 unspecified atom stereocenters. The summed E-state index contributed by atoms with van der Waals surface area (Å²) in [5.41, 5.74) is -2.30. The van der Waals surface area contributed by atoms with Crippen LogP contribution in [0.15, 0.2) is 60.8 Å². The zero-order chi connectivity index (χ0) is 25.8. The summed E-state index contributed by atoms with van der Waals surface area (Å²) in [5, 5.41) is 33.0. The van der Waals surface area contributed by atoms with E-state index in [2.05, 4.69) is 17.1 Å². The third-order valence-electron chi connectivity index (χ3n) is 7.87. The van der Waals surface area contributed by atoms with Crippen LogP contribution in [0.25, 0.3) is 0 Å². The van der Waals surface area contributed by atoms with E-state index >= 15 is 0 Å². The number of aromatic nitrogens is 1. The Morgan fingerprint density at radius 3 is 2.50 bits per heavy atom. The molecule has 0 bridgehead atoms. The summed E-state index contributed by atoms with van der Waals surface area (Å²) in [4.78, 5) is 19.7. The number of hydrogen-bond acceptors (Lipinski definition) is 6. The van der Waals surface area contributed by atoms with Crippen molar-refractivity contribution >= 4 is 17.5 Å². The highest BCUT2D eigenvalue weighted by molar-refractivity contribution is 6.30. The van der Waals surface area contributed by atoms with Gasteiger partial charge >= 0.3 is 0 Å². The summed E-state index contributed by atoms with van der Waals surface area (Å²) >= 11 is 6.25. The molecule has 0 spiro atoms. The lowest BCUT2D eigenvalue weighted by Gasteiger charge is -2.44. The number of pyridine rings is 1. The van der Waals surface area contributed by atoms with Crippen molar-refractivity contribution in [2.24, 2.45) is 29.6 Å². The first-order valence-corrected chi connectivity index (χ1v) is 12.1. The maximum absolute atomic E-state index is 13.8. The Labute approximate surface area is 214 Å². The number of halogens is 1. The van der Waals surface area contributed by atoms with E-state index in [-0.39, 0.29) is 29.2 Å². The number of allylic oxidation sites excluding steroid dienone is 4. The highest BCUT2D eigenvalue weighted by atomic mass is 35.5. The van der Waals surface area contributed by atoms with Crippen molar-refractivity contribution in [1.82, 2.24) is 9.88 Å². The van der Waals surface area contributed by atoms with E-state index in [4.69, 9.17) is 16.3 Å². The molecule has 1 saturated carbocycles. The molecule has 182 valence electrons. The number of fused-ring (bicyclic) bond motifs is 3. The third-order valence-corrected chi connectivity index (χ3v) is 8.08. The molecule has 1 N–H and O–H groups in total. The van der Waals surface area contributed by atoms with Gasteiger partial charge in [-0.3, -0.25) is 9.78 Å². The number of nitrogens with zero attached hydrogens (tertiary/aromatic N) is 4. The fourth-order valence-corrected chi connectivity index (χ4v) is 6.50. The van der Waals surface area contributed by atoms with E-state index < -0.39 is 29.0 Å². The van der Waals surface area contributed by atoms with E-state index in [1.165, 1.54) is 11.1 Å². The minimum atomic E-state index is -1.95. The number of amides is 1. The molecule has 7 nitrogen and oxygen atoms in total. The van der Waals surface area contributed by atoms with E-state index in [9.17, 15) is 20.4 Å². The second-order valence-electron chi connectivity index (χ2n) is 9.89. The number of ether oxygens (including phenoxy) is 1. The molecule has 2 aliphatic carbocycles. The van der Waals surface area contributed by atoms with E-state index in [0.717, 1.165) is 0 Å². The number of benzene rings is 1. The molecular formula is C28H25ClN4O3. The molecule has 5 rings (SSSR count). The van der Waals surface area contributed by atoms with E-state index in [0.29, 0.717) is 16.1 Å². The molecule has 0 radical (unpaired) electrons. The second kappa shape index (κ2) is 8.48. The molecule has 1 aromatic heterocycles. The average molecular weight is 501 g/mol. The Morgan fingerprint density at radius 2 is 1.89 bits per heavy atom. The minimum absolute atomic E-state index is 0.00160. The Balaban J connectivity index is 1.87. The third kappa shape index (κ3) is 3.07. The first-order chi connectivity index (χ1) is 17.2. The van der Waals surface area contributed by atoms with Crippen LogP contribution in [-0.4, -0.2) is 35.0 Å². The highest BCUT2D eigenvalue weighted by Gasteiger charge is 2.79. The van der Waals surface area contributed by atoms with Crippen molar-refractivity contribution in [3.63, 3.8) is 0 Å². The minimum Gasteiger partial charge on any atom is -0.477 e. The number of hydrogen-bond donors (Lipinski definition) is 1. The molecule has 3 aliphatic rings. The number of nitriles is 2. The molecule has 2 aromatic rings. The van der Waals surface area contributed by atoms with Crippen LogP contribution < -0.4 is 4.74 Å². The molecule has 0 saturated heterocycles. The summed E-state index contributed by atoms with van der Waals surface area (Å²) in [6.07, 6.45) is 9.35. The predicted molar refractivity (Wildman–Crippen MR) is 132 cm³/mol. The number of rotatable bonds is 3. The quantitative estimate of drug-likeness (QED) is 0.683. The topological polar surface area (TPSA) is 110 Å². The summed E-state index contributed by atoms with van der Waals surface area (Å²) < 4.78 is 6.71. The van der Waals surface area contributed by atoms with Gasteiger partial charge in [0, 0.05) is 32.3 Å². The van der Waals surface area contributed by atoms with Crippen LogP contribution in [0.2, 0.25) is 5.02 Å². The van der Waals surface area contributed by atoms with Crippen molar-refractivity contribution in [1.29, 1.82) is 10.5 Å². The lowest BCUT2D eigenvalue weighted by atomic mass is 9.65. The maximum Gasteiger partial charge on any atom is 0.227 e. The molecule has 2 heterocycles. The van der Waals surface area contributed by atoms with Gasteiger partial charge in [-0.15, -0.1) is 0 Å². The van der Waals surface area contributed by atoms with Gasteiger partial charge in [0.15, 0.2) is 11.2 Å². The van der Waals surface area contributed by atoms with Gasteiger partial charge in [0.2, 0.25) is 5.91 Å². The molecular weight excluding hydrogens is 476 g/mol. The lowest BCUT2D eigenvalue weighted by molar-refractivity contribution is -0.141. The summed E-state index contributed by atoms with van der Waals surface area (Å²) in [6, 6.07) is 12.7. The van der Waals surface area contributed by atoms with Crippen LogP contribution in [-0.2, 0) is 16.0 Å². The monoisotopic (exact) mass is 500 g/mol. The smallest absolute Gasteiger partial charge is 0.227 e. The largest absolute Gasteiger partial charge is 0.477 e. The normalized spacial score (nSPS) is 33.7. The van der Waals surface area contributed by atoms with Crippen LogP contribution in [0.5, 0.6) is 5.75 Å². The van der Waals surface area contributed by atoms with E-state index in [1.807, 2.05) is 31.2 Å². The fourth-order valence-electron chi connectivity index (χ4n) is 6.36. The highest BCUT2D eigenvalue weighted by Crippen LogP contribution is 2.70. The SMILES string of the molecule is CC1C=CC=CC1[C@@H]1[C@@H](C(=O)N(C)C)[C@H](C#N)[C@@]2(O)c3ncc(Cl)cc3O[C@@]12c1ccc(C#N)cc1. The summed E-state index contributed by atoms with van der Waals surface area (Å²) in [6.45, 7) is 2.05. The average Bonchev–Trinajstić information content (AvgIpc) is 3.25. The Hall–Kier alpha value is -3.65. The van der Waals surface area contributed by atoms with Crippen LogP contribution in [0.4, 0.5) is 0 Å². The Bertz CT molecular complexity index is 1370. The van der Waals surface area contributed by atoms with Gasteiger partial charge < -0.3 is 14.7 Å². The van der Waals surface area contributed by atoms with Crippen LogP contribution >= 0.6 is 11.6 Å². The zero-order valence-electron chi connectivity index (χ0n) is 20.1. The Morgan fingerprint density at radius 1 is 1.19 bits per heavy atom. The zero-order valence-corrected chi connectivity index (χ0v) is 20.8. The summed E-state index contributed by atoms with van der Waals surface area (Å²) in [7, 11) is 3.29. The summed E-state index contributed by atoms with van der Waals surface area (Å²) in [5.74, 6) is -2.92. The molecule has 36 heavy (non-hydrogen) atoms. The second-order valence-corrected chi connectivity index (χ2v) is 10.3. The molecule has 1 fully saturated rings. The van der Waals surface area contributed by atoms with Crippen molar-refractivity contribution < 1.29 is 14.6 Å². The molecule has 7 atom stereocenters. The van der Waals surface area contributed by atoms with Crippen LogP contribution in [0.3, 0.4) is 0 Å². The van der Waals surface area contributed by atoms with Gasteiger partial charge in [-0.1, -0.05) is 55.0 Å². The molecule has 1 aliphatic heterocycles. The maximum atomic E-state index is 13.8. The molecule has 1 aromatic carbocycles. The van der Waals surface area contributed by atoms with Crippen LogP contribution in [0, 0.1) is 52.3 Å². The predicted octanol–water partition coefficient (Wildman–Crippen LogP) is 3.93. The van der Waals surface area contributed by atoms with Gasteiger partial charge in [-0.2, -0.15) is 10.5 Å². The molecule has 1 amide bonds. The van der Waals surface area contributed by atoms with Crippen LogP contribution in [0.1, 0.15) is 23.7 Å². The van der Waals surface area contributed by atoms with E-state index in [1.54, 1.807) is 44.4 Å². The van der Waals surface area contributed by atoms with Crippen molar-refractivity contribution in [3.05, 3.63) is 82.7 Å². The van der Waals surface area contributed by atoms with Gasteiger partial charge in [0.05, 0.1) is 34.6 Å². The van der Waals surface area contributed by atoms with Gasteiger partial charge in [0.25, 0.3) is 0 Å². The first-order valence-electron chi connectivity index (χ1n) is 11.7. The lowest BCUT2D eigenvalue weighted by Crippen LogP contribution is -2.53. The van der Waals surface area contributed by atoms with Crippen molar-refractivity contribution in [2.45, 2.75) is 18.1 Å². The van der Waals surface area contributed by atoms with Gasteiger partial charge in [-0.25, -0.2) is 0 Å². The number of carbonyl (C=O) groups is 1. The standard InChI is InChI=1S/C28H25ClN4O3/c1-16-6-4-5-7-20(16)24-23(26(34)33(2)3)21(14-31)27(35)25-22(12-19(29)15-32-25)36-28(24,27)18-10-8-17(13-30)9-11-18/h4-12,15-16,20-21,23-24,35H,1-3H3/t16?,20?,21-,23-,24+,27+,28-/m0/s1. The van der Waals surface area contributed by atoms with Crippen molar-refractivity contribution in [2.75, 3.05) is 14.1 Å². The number of carbonyl (C=O) groups excluding carboxylic acids is 1. The Kier molecular flexibility index (Phi) is 5.67. The first kappa shape index (κ1) is 24.1. The molecule has 8 heteroatoms.